The van der Waals surface area contributed by atoms with Gasteiger partial charge in [0.1, 0.15) is 0 Å². The predicted molar refractivity (Wildman–Crippen MR) is 53.6 cm³/mol. The Morgan fingerprint density at radius 2 is 1.83 bits per heavy atom. The second-order valence-corrected chi connectivity index (χ2v) is 3.22. The number of benzene rings is 1. The highest BCUT2D eigenvalue weighted by Gasteiger charge is 2.03. The van der Waals surface area contributed by atoms with E-state index in [0.717, 1.165) is 12.0 Å². The van der Waals surface area contributed by atoms with E-state index in [-0.39, 0.29) is 0 Å². The van der Waals surface area contributed by atoms with E-state index in [1.165, 1.54) is 0 Å². The molecule has 0 nitrogen and oxygen atoms in total. The first-order chi connectivity index (χ1) is 5.75. The molecule has 62 valence electrons. The molecule has 0 aliphatic rings. The van der Waals surface area contributed by atoms with Gasteiger partial charge in [-0.3, -0.25) is 0 Å². The Morgan fingerprint density at radius 3 is 2.33 bits per heavy atom. The van der Waals surface area contributed by atoms with Crippen LogP contribution >= 0.6 is 23.2 Å². The first-order valence-corrected chi connectivity index (χ1v) is 4.37. The van der Waals surface area contributed by atoms with Gasteiger partial charge in [0.2, 0.25) is 0 Å². The molecule has 0 aromatic heterocycles. The van der Waals surface area contributed by atoms with Crippen LogP contribution in [-0.2, 0) is 6.42 Å². The molecule has 1 aromatic carbocycles. The summed E-state index contributed by atoms with van der Waals surface area (Å²) in [7, 11) is 0. The first kappa shape index (κ1) is 9.45. The topological polar surface area (TPSA) is 0 Å². The van der Waals surface area contributed by atoms with Crippen molar-refractivity contribution < 1.29 is 0 Å². The van der Waals surface area contributed by atoms with Gasteiger partial charge >= 0.3 is 0 Å². The zero-order valence-electron chi connectivity index (χ0n) is 6.48. The van der Waals surface area contributed by atoms with Crippen molar-refractivity contribution in [2.24, 2.45) is 0 Å². The fourth-order valence-electron chi connectivity index (χ4n) is 0.968. The fraction of sp³-hybridized carbons (Fsp3) is 0.200. The largest absolute Gasteiger partial charge is 0.120 e. The summed E-state index contributed by atoms with van der Waals surface area (Å²) in [4.78, 5) is 0. The predicted octanol–water partition coefficient (Wildman–Crippen LogP) is 3.56. The van der Waals surface area contributed by atoms with Crippen LogP contribution in [0.15, 0.2) is 18.2 Å². The van der Waals surface area contributed by atoms with Crippen LogP contribution in [0.25, 0.3) is 0 Å². The Bertz CT molecular complexity index is 290. The molecule has 0 aliphatic carbocycles. The maximum absolute atomic E-state index is 5.91. The molecular weight excluding hydrogens is 191 g/mol. The zero-order valence-corrected chi connectivity index (χ0v) is 7.99. The molecule has 0 saturated carbocycles. The minimum absolute atomic E-state index is 0.670. The van der Waals surface area contributed by atoms with Gasteiger partial charge in [-0.1, -0.05) is 29.3 Å². The van der Waals surface area contributed by atoms with Crippen molar-refractivity contribution in [2.45, 2.75) is 12.8 Å². The van der Waals surface area contributed by atoms with E-state index in [4.69, 9.17) is 29.6 Å². The van der Waals surface area contributed by atoms with Crippen molar-refractivity contribution in [1.29, 1.82) is 0 Å². The number of hydrogen-bond donors (Lipinski definition) is 0. The summed E-state index contributed by atoms with van der Waals surface area (Å²) in [6, 6.07) is 5.46. The van der Waals surface area contributed by atoms with Gasteiger partial charge in [0.05, 0.1) is 0 Å². The number of hydrogen-bond acceptors (Lipinski definition) is 0. The van der Waals surface area contributed by atoms with E-state index >= 15 is 0 Å². The van der Waals surface area contributed by atoms with Gasteiger partial charge in [0.25, 0.3) is 0 Å². The molecule has 0 radical (unpaired) electrons. The van der Waals surface area contributed by atoms with Crippen LogP contribution in [0.5, 0.6) is 0 Å². The lowest BCUT2D eigenvalue weighted by molar-refractivity contribution is 1.03. The van der Waals surface area contributed by atoms with Gasteiger partial charge in [-0.05, 0) is 24.1 Å². The highest BCUT2D eigenvalue weighted by molar-refractivity contribution is 6.35. The summed E-state index contributed by atoms with van der Waals surface area (Å²) >= 11 is 11.8. The highest BCUT2D eigenvalue weighted by Crippen LogP contribution is 2.25. The molecule has 0 bridgehead atoms. The van der Waals surface area contributed by atoms with Crippen LogP contribution in [-0.4, -0.2) is 0 Å². The Hall–Kier alpha value is -0.640. The van der Waals surface area contributed by atoms with Gasteiger partial charge in [-0.2, -0.15) is 0 Å². The fourth-order valence-corrected chi connectivity index (χ4v) is 1.55. The van der Waals surface area contributed by atoms with E-state index in [1.807, 2.05) is 18.2 Å². The summed E-state index contributed by atoms with van der Waals surface area (Å²) in [6.07, 6.45) is 6.56. The monoisotopic (exact) mass is 198 g/mol. The Kier molecular flexibility index (Phi) is 3.47. The molecule has 2 heteroatoms. The smallest absolute Gasteiger partial charge is 0.0453 e. The number of rotatable bonds is 2. The number of halogens is 2. The zero-order chi connectivity index (χ0) is 8.97. The molecule has 0 fully saturated rings. The lowest BCUT2D eigenvalue weighted by Crippen LogP contribution is -1.86. The van der Waals surface area contributed by atoms with Crippen molar-refractivity contribution >= 4 is 23.2 Å². The molecule has 0 aliphatic heterocycles. The first-order valence-electron chi connectivity index (χ1n) is 3.62. The summed E-state index contributed by atoms with van der Waals surface area (Å²) in [6.45, 7) is 0. The second kappa shape index (κ2) is 4.40. The Labute approximate surface area is 82.5 Å². The Balaban J connectivity index is 2.90. The third-order valence-electron chi connectivity index (χ3n) is 1.58. The maximum atomic E-state index is 5.91. The van der Waals surface area contributed by atoms with Crippen molar-refractivity contribution in [3.05, 3.63) is 33.8 Å². The molecule has 0 atom stereocenters. The maximum Gasteiger partial charge on any atom is 0.0453 e. The van der Waals surface area contributed by atoms with Gasteiger partial charge in [-0.25, -0.2) is 0 Å². The van der Waals surface area contributed by atoms with Crippen molar-refractivity contribution in [3.8, 4) is 12.3 Å². The second-order valence-electron chi connectivity index (χ2n) is 2.40. The number of terminal acetylenes is 1. The van der Waals surface area contributed by atoms with Gasteiger partial charge < -0.3 is 0 Å². The molecular formula is C10H8Cl2. The third-order valence-corrected chi connectivity index (χ3v) is 2.29. The summed E-state index contributed by atoms with van der Waals surface area (Å²) in [5.74, 6) is 2.55. The van der Waals surface area contributed by atoms with E-state index in [9.17, 15) is 0 Å². The lowest BCUT2D eigenvalue weighted by atomic mass is 10.1. The molecule has 0 saturated heterocycles. The molecule has 0 unspecified atom stereocenters. The van der Waals surface area contributed by atoms with E-state index in [1.54, 1.807) is 0 Å². The van der Waals surface area contributed by atoms with Crippen molar-refractivity contribution in [1.82, 2.24) is 0 Å². The normalized spacial score (nSPS) is 9.42. The van der Waals surface area contributed by atoms with Crippen LogP contribution in [0, 0.1) is 12.3 Å². The quantitative estimate of drug-likeness (QED) is 0.638. The summed E-state index contributed by atoms with van der Waals surface area (Å²) in [5, 5.41) is 1.38. The minimum Gasteiger partial charge on any atom is -0.120 e. The SMILES string of the molecule is C#CCCc1c(Cl)cccc1Cl. The van der Waals surface area contributed by atoms with Gasteiger partial charge in [0.15, 0.2) is 0 Å². The molecule has 0 heterocycles. The van der Waals surface area contributed by atoms with E-state index < -0.39 is 0 Å². The lowest BCUT2D eigenvalue weighted by Gasteiger charge is -2.03. The van der Waals surface area contributed by atoms with Crippen molar-refractivity contribution in [3.63, 3.8) is 0 Å². The van der Waals surface area contributed by atoms with Crippen LogP contribution in [0.3, 0.4) is 0 Å². The molecule has 1 aromatic rings. The summed E-state index contributed by atoms with van der Waals surface area (Å²) in [5.41, 5.74) is 0.943. The molecule has 0 amide bonds. The molecule has 0 N–H and O–H groups in total. The van der Waals surface area contributed by atoms with E-state index in [2.05, 4.69) is 5.92 Å². The standard InChI is InChI=1S/C10H8Cl2/c1-2-3-5-8-9(11)6-4-7-10(8)12/h1,4,6-7H,3,5H2. The third kappa shape index (κ3) is 2.17. The van der Waals surface area contributed by atoms with E-state index in [0.29, 0.717) is 16.5 Å². The van der Waals surface area contributed by atoms with Gasteiger partial charge in [-0.15, -0.1) is 12.3 Å². The average Bonchev–Trinajstić information content (AvgIpc) is 2.04. The van der Waals surface area contributed by atoms with Crippen LogP contribution in [0.1, 0.15) is 12.0 Å². The van der Waals surface area contributed by atoms with Crippen LogP contribution in [0.4, 0.5) is 0 Å². The van der Waals surface area contributed by atoms with Crippen LogP contribution in [0.2, 0.25) is 10.0 Å². The van der Waals surface area contributed by atoms with Gasteiger partial charge in [0, 0.05) is 16.5 Å². The van der Waals surface area contributed by atoms with Crippen LogP contribution < -0.4 is 0 Å². The summed E-state index contributed by atoms with van der Waals surface area (Å²) < 4.78 is 0. The average molecular weight is 199 g/mol. The van der Waals surface area contributed by atoms with Crippen molar-refractivity contribution in [2.75, 3.05) is 0 Å². The highest BCUT2D eigenvalue weighted by atomic mass is 35.5. The molecule has 1 rings (SSSR count). The minimum atomic E-state index is 0.670. The molecule has 0 spiro atoms. The Morgan fingerprint density at radius 1 is 1.25 bits per heavy atom. The molecule has 12 heavy (non-hydrogen) atoms.